The zero-order valence-electron chi connectivity index (χ0n) is 9.29. The number of rotatable bonds is 4. The highest BCUT2D eigenvalue weighted by Gasteiger charge is 2.06. The van der Waals surface area contributed by atoms with Crippen LogP contribution in [0.4, 0.5) is 0 Å². The summed E-state index contributed by atoms with van der Waals surface area (Å²) < 4.78 is 0. The zero-order chi connectivity index (χ0) is 11.4. The Balaban J connectivity index is 2.92. The molecule has 0 aromatic heterocycles. The van der Waals surface area contributed by atoms with Crippen molar-refractivity contribution in [2.24, 2.45) is 11.7 Å². The van der Waals surface area contributed by atoms with Crippen LogP contribution in [0, 0.1) is 5.92 Å². The molecule has 0 aliphatic rings. The average molecular weight is 203 g/mol. The van der Waals surface area contributed by atoms with Crippen molar-refractivity contribution >= 4 is 11.5 Å². The summed E-state index contributed by atoms with van der Waals surface area (Å²) >= 11 is 0. The number of hydrogen-bond acceptors (Lipinski definition) is 1. The molecule has 15 heavy (non-hydrogen) atoms. The molecule has 2 N–H and O–H groups in total. The normalized spacial score (nSPS) is 10.3. The van der Waals surface area contributed by atoms with Gasteiger partial charge in [0, 0.05) is 5.57 Å². The number of amides is 1. The lowest BCUT2D eigenvalue weighted by molar-refractivity contribution is -0.112. The van der Waals surface area contributed by atoms with Crippen molar-refractivity contribution in [2.75, 3.05) is 0 Å². The molecule has 1 rings (SSSR count). The summed E-state index contributed by atoms with van der Waals surface area (Å²) in [6.45, 7) is 7.99. The maximum atomic E-state index is 11.0. The lowest BCUT2D eigenvalue weighted by Crippen LogP contribution is -2.12. The molecule has 0 aliphatic carbocycles. The Hall–Kier alpha value is -1.57. The van der Waals surface area contributed by atoms with Gasteiger partial charge < -0.3 is 5.73 Å². The fourth-order valence-electron chi connectivity index (χ4n) is 1.50. The molecule has 0 fully saturated rings. The van der Waals surface area contributed by atoms with Crippen molar-refractivity contribution in [3.05, 3.63) is 42.0 Å². The highest BCUT2D eigenvalue weighted by Crippen LogP contribution is 2.16. The van der Waals surface area contributed by atoms with Crippen molar-refractivity contribution < 1.29 is 4.79 Å². The van der Waals surface area contributed by atoms with Crippen molar-refractivity contribution in [2.45, 2.75) is 20.3 Å². The van der Waals surface area contributed by atoms with Crippen molar-refractivity contribution in [1.82, 2.24) is 0 Å². The van der Waals surface area contributed by atoms with E-state index >= 15 is 0 Å². The molecule has 80 valence electrons. The lowest BCUT2D eigenvalue weighted by Gasteiger charge is -2.07. The average Bonchev–Trinajstić information content (AvgIpc) is 2.16. The molecule has 0 unspecified atom stereocenters. The van der Waals surface area contributed by atoms with Crippen LogP contribution in [0.5, 0.6) is 0 Å². The van der Waals surface area contributed by atoms with Gasteiger partial charge in [0.25, 0.3) is 0 Å². The Kier molecular flexibility index (Phi) is 3.67. The first kappa shape index (κ1) is 11.5. The van der Waals surface area contributed by atoms with Gasteiger partial charge in [0.2, 0.25) is 5.91 Å². The maximum Gasteiger partial charge on any atom is 0.248 e. The molecule has 2 heteroatoms. The van der Waals surface area contributed by atoms with E-state index < -0.39 is 5.91 Å². The van der Waals surface area contributed by atoms with E-state index in [1.165, 1.54) is 5.56 Å². The second-order valence-corrected chi connectivity index (χ2v) is 4.14. The molecule has 2 nitrogen and oxygen atoms in total. The van der Waals surface area contributed by atoms with Crippen molar-refractivity contribution in [1.29, 1.82) is 0 Å². The molecular weight excluding hydrogens is 186 g/mol. The van der Waals surface area contributed by atoms with Crippen LogP contribution in [-0.4, -0.2) is 5.91 Å². The first-order valence-corrected chi connectivity index (χ1v) is 5.08. The summed E-state index contributed by atoms with van der Waals surface area (Å²) in [5.74, 6) is 0.138. The maximum absolute atomic E-state index is 11.0. The van der Waals surface area contributed by atoms with Crippen molar-refractivity contribution in [3.8, 4) is 0 Å². The third kappa shape index (κ3) is 3.24. The van der Waals surface area contributed by atoms with E-state index in [-0.39, 0.29) is 0 Å². The first-order chi connectivity index (χ1) is 7.00. The van der Waals surface area contributed by atoms with E-state index in [0.29, 0.717) is 11.5 Å². The predicted molar refractivity (Wildman–Crippen MR) is 63.2 cm³/mol. The van der Waals surface area contributed by atoms with E-state index in [1.807, 2.05) is 18.2 Å². The van der Waals surface area contributed by atoms with E-state index in [1.54, 1.807) is 0 Å². The number of nitrogens with two attached hydrogens (primary N) is 1. The predicted octanol–water partition coefficient (Wildman–Crippen LogP) is 2.38. The van der Waals surface area contributed by atoms with E-state index in [2.05, 4.69) is 26.5 Å². The fraction of sp³-hybridized carbons (Fsp3) is 0.308. The van der Waals surface area contributed by atoms with Gasteiger partial charge >= 0.3 is 0 Å². The number of benzene rings is 1. The molecule has 0 aliphatic heterocycles. The second kappa shape index (κ2) is 4.78. The molecule has 1 amide bonds. The number of primary amides is 1. The minimum Gasteiger partial charge on any atom is -0.366 e. The Bertz CT molecular complexity index is 380. The number of carbonyl (C=O) groups is 1. The SMILES string of the molecule is C=C(C(N)=O)c1cccc(CC(C)C)c1. The van der Waals surface area contributed by atoms with Gasteiger partial charge in [0.15, 0.2) is 0 Å². The lowest BCUT2D eigenvalue weighted by atomic mass is 9.98. The summed E-state index contributed by atoms with van der Waals surface area (Å²) in [6.07, 6.45) is 1.000. The van der Waals surface area contributed by atoms with E-state index in [0.717, 1.165) is 12.0 Å². The quantitative estimate of drug-likeness (QED) is 0.750. The zero-order valence-corrected chi connectivity index (χ0v) is 9.29. The van der Waals surface area contributed by atoms with Crippen LogP contribution in [0.2, 0.25) is 0 Å². The Labute approximate surface area is 90.8 Å². The molecule has 0 spiro atoms. The molecule has 0 radical (unpaired) electrons. The Morgan fingerprint density at radius 2 is 2.13 bits per heavy atom. The van der Waals surface area contributed by atoms with Gasteiger partial charge in [-0.1, -0.05) is 44.7 Å². The minimum atomic E-state index is -0.461. The summed E-state index contributed by atoms with van der Waals surface area (Å²) in [4.78, 5) is 11.0. The standard InChI is InChI=1S/C13H17NO/c1-9(2)7-11-5-4-6-12(8-11)10(3)13(14)15/h4-6,8-9H,3,7H2,1-2H3,(H2,14,15). The van der Waals surface area contributed by atoms with Gasteiger partial charge in [-0.2, -0.15) is 0 Å². The van der Waals surface area contributed by atoms with Crippen LogP contribution in [0.1, 0.15) is 25.0 Å². The molecule has 1 aromatic carbocycles. The van der Waals surface area contributed by atoms with Gasteiger partial charge in [0.05, 0.1) is 0 Å². The van der Waals surface area contributed by atoms with Gasteiger partial charge in [-0.25, -0.2) is 0 Å². The monoisotopic (exact) mass is 203 g/mol. The van der Waals surface area contributed by atoms with Gasteiger partial charge in [0.1, 0.15) is 0 Å². The third-order valence-corrected chi connectivity index (χ3v) is 2.22. The molecule has 0 bridgehead atoms. The number of hydrogen-bond donors (Lipinski definition) is 1. The van der Waals surface area contributed by atoms with Crippen LogP contribution in [-0.2, 0) is 11.2 Å². The molecule has 0 saturated heterocycles. The van der Waals surface area contributed by atoms with Gasteiger partial charge in [-0.05, 0) is 23.5 Å². The second-order valence-electron chi connectivity index (χ2n) is 4.14. The van der Waals surface area contributed by atoms with Crippen LogP contribution >= 0.6 is 0 Å². The summed E-state index contributed by atoms with van der Waals surface area (Å²) in [7, 11) is 0. The van der Waals surface area contributed by atoms with Crippen molar-refractivity contribution in [3.63, 3.8) is 0 Å². The molecule has 1 aromatic rings. The largest absolute Gasteiger partial charge is 0.366 e. The fourth-order valence-corrected chi connectivity index (χ4v) is 1.50. The highest BCUT2D eigenvalue weighted by atomic mass is 16.1. The topological polar surface area (TPSA) is 43.1 Å². The van der Waals surface area contributed by atoms with Crippen LogP contribution in [0.25, 0.3) is 5.57 Å². The summed E-state index contributed by atoms with van der Waals surface area (Å²) in [5, 5.41) is 0. The highest BCUT2D eigenvalue weighted by molar-refractivity contribution is 6.17. The van der Waals surface area contributed by atoms with Crippen LogP contribution < -0.4 is 5.73 Å². The minimum absolute atomic E-state index is 0.376. The Morgan fingerprint density at radius 1 is 1.47 bits per heavy atom. The smallest absolute Gasteiger partial charge is 0.248 e. The Morgan fingerprint density at radius 3 is 2.67 bits per heavy atom. The van der Waals surface area contributed by atoms with E-state index in [9.17, 15) is 4.79 Å². The molecule has 0 atom stereocenters. The third-order valence-electron chi connectivity index (χ3n) is 2.22. The summed E-state index contributed by atoms with van der Waals surface area (Å²) in [6, 6.07) is 7.82. The van der Waals surface area contributed by atoms with E-state index in [4.69, 9.17) is 5.73 Å². The van der Waals surface area contributed by atoms with Crippen LogP contribution in [0.15, 0.2) is 30.8 Å². The molecule has 0 heterocycles. The molecule has 0 saturated carbocycles. The van der Waals surface area contributed by atoms with Gasteiger partial charge in [-0.3, -0.25) is 4.79 Å². The first-order valence-electron chi connectivity index (χ1n) is 5.08. The summed E-state index contributed by atoms with van der Waals surface area (Å²) in [5.41, 5.74) is 7.59. The number of carbonyl (C=O) groups excluding carboxylic acids is 1. The molecular formula is C13H17NO. The van der Waals surface area contributed by atoms with Gasteiger partial charge in [-0.15, -0.1) is 0 Å². The van der Waals surface area contributed by atoms with Crippen LogP contribution in [0.3, 0.4) is 0 Å².